The number of benzene rings is 1. The van der Waals surface area contributed by atoms with Gasteiger partial charge in [-0.1, -0.05) is 18.2 Å². The Labute approximate surface area is 172 Å². The average molecular weight is 412 g/mol. The number of nitrogens with zero attached hydrogens (tertiary/aromatic N) is 2. The molecule has 0 fully saturated rings. The number of thioether (sulfide) groups is 1. The lowest BCUT2D eigenvalue weighted by Crippen LogP contribution is -2.35. The van der Waals surface area contributed by atoms with Crippen LogP contribution in [-0.2, 0) is 10.5 Å². The molecular formula is C21H21N3O2S2. The lowest BCUT2D eigenvalue weighted by atomic mass is 10.2. The lowest BCUT2D eigenvalue weighted by Gasteiger charge is -2.18. The fraction of sp³-hybridized carbons (Fsp3) is 0.190. The van der Waals surface area contributed by atoms with Crippen LogP contribution in [0.3, 0.4) is 0 Å². The number of aromatic nitrogens is 1. The molecule has 0 saturated heterocycles. The third-order valence-corrected chi connectivity index (χ3v) is 6.16. The molecule has 0 unspecified atom stereocenters. The second-order valence-electron chi connectivity index (χ2n) is 6.29. The summed E-state index contributed by atoms with van der Waals surface area (Å²) >= 11 is 3.32. The minimum atomic E-state index is -0.280. The highest BCUT2D eigenvalue weighted by atomic mass is 32.2. The molecule has 3 aromatic rings. The van der Waals surface area contributed by atoms with Crippen LogP contribution in [0, 0.1) is 6.92 Å². The van der Waals surface area contributed by atoms with Crippen LogP contribution in [0.4, 0.5) is 5.82 Å². The van der Waals surface area contributed by atoms with Gasteiger partial charge in [0.25, 0.3) is 5.91 Å². The summed E-state index contributed by atoms with van der Waals surface area (Å²) in [6, 6.07) is 15.2. The van der Waals surface area contributed by atoms with Gasteiger partial charge < -0.3 is 10.2 Å². The second kappa shape index (κ2) is 9.52. The Morgan fingerprint density at radius 2 is 2.00 bits per heavy atom. The number of carbonyl (C=O) groups excluding carboxylic acids is 2. The molecule has 28 heavy (non-hydrogen) atoms. The van der Waals surface area contributed by atoms with E-state index in [1.165, 1.54) is 9.78 Å². The van der Waals surface area contributed by atoms with Gasteiger partial charge in [-0.15, -0.1) is 23.1 Å². The van der Waals surface area contributed by atoms with E-state index in [1.807, 2.05) is 42.6 Å². The maximum Gasteiger partial charge on any atom is 0.255 e. The highest BCUT2D eigenvalue weighted by molar-refractivity contribution is 7.98. The largest absolute Gasteiger partial charge is 0.332 e. The molecule has 2 aromatic heterocycles. The molecule has 0 atom stereocenters. The zero-order chi connectivity index (χ0) is 19.9. The summed E-state index contributed by atoms with van der Waals surface area (Å²) in [4.78, 5) is 32.9. The van der Waals surface area contributed by atoms with E-state index in [0.29, 0.717) is 11.4 Å². The Hall–Kier alpha value is -2.64. The maximum atomic E-state index is 12.9. The van der Waals surface area contributed by atoms with Crippen molar-refractivity contribution in [3.05, 3.63) is 76.1 Å². The van der Waals surface area contributed by atoms with E-state index in [4.69, 9.17) is 0 Å². The van der Waals surface area contributed by atoms with Crippen LogP contribution in [0.25, 0.3) is 0 Å². The minimum absolute atomic E-state index is 0.0433. The molecule has 5 nitrogen and oxygen atoms in total. The van der Waals surface area contributed by atoms with Gasteiger partial charge in [0.15, 0.2) is 0 Å². The fourth-order valence-corrected chi connectivity index (χ4v) is 4.41. The number of carbonyl (C=O) groups is 2. The predicted molar refractivity (Wildman–Crippen MR) is 115 cm³/mol. The first kappa shape index (κ1) is 20.1. The van der Waals surface area contributed by atoms with Crippen molar-refractivity contribution in [2.75, 3.05) is 18.9 Å². The first-order valence-electron chi connectivity index (χ1n) is 8.75. The molecule has 0 aliphatic rings. The molecule has 2 amide bonds. The number of nitrogens with one attached hydrogen (secondary N) is 1. The molecule has 0 aliphatic carbocycles. The number of hydrogen-bond acceptors (Lipinski definition) is 5. The Morgan fingerprint density at radius 1 is 1.18 bits per heavy atom. The van der Waals surface area contributed by atoms with Crippen LogP contribution in [0.15, 0.2) is 65.0 Å². The summed E-state index contributed by atoms with van der Waals surface area (Å²) in [6.45, 7) is 1.89. The molecule has 1 N–H and O–H groups in total. The summed E-state index contributed by atoms with van der Waals surface area (Å²) in [5.74, 6) is 0.836. The summed E-state index contributed by atoms with van der Waals surface area (Å²) in [7, 11) is 1.63. The van der Waals surface area contributed by atoms with E-state index in [0.717, 1.165) is 16.2 Å². The number of thiophene rings is 1. The quantitative estimate of drug-likeness (QED) is 0.583. The van der Waals surface area contributed by atoms with Gasteiger partial charge in [0.2, 0.25) is 5.91 Å². The number of aryl methyl sites for hydroxylation is 1. The van der Waals surface area contributed by atoms with Gasteiger partial charge in [-0.2, -0.15) is 0 Å². The van der Waals surface area contributed by atoms with Gasteiger partial charge in [-0.3, -0.25) is 9.59 Å². The molecular weight excluding hydrogens is 390 g/mol. The van der Waals surface area contributed by atoms with Crippen molar-refractivity contribution in [2.45, 2.75) is 17.6 Å². The molecule has 3 rings (SSSR count). The number of pyridine rings is 1. The number of anilines is 1. The third-order valence-electron chi connectivity index (χ3n) is 3.98. The van der Waals surface area contributed by atoms with Crippen LogP contribution < -0.4 is 5.32 Å². The molecule has 0 bridgehead atoms. The Bertz CT molecular complexity index is 958. The monoisotopic (exact) mass is 411 g/mol. The number of hydrogen-bond donors (Lipinski definition) is 1. The van der Waals surface area contributed by atoms with E-state index in [-0.39, 0.29) is 18.4 Å². The standard InChI is InChI=1S/C21H21N3O2S2/c1-15-9-10-22-19(12-15)23-20(25)13-24(2)21(26)17-7-3-4-8-18(17)28-14-16-6-5-11-27-16/h3-12H,13-14H2,1-2H3,(H,22,23,25). The zero-order valence-corrected chi connectivity index (χ0v) is 17.3. The van der Waals surface area contributed by atoms with Gasteiger partial charge >= 0.3 is 0 Å². The Morgan fingerprint density at radius 3 is 2.75 bits per heavy atom. The van der Waals surface area contributed by atoms with Crippen molar-refractivity contribution < 1.29 is 9.59 Å². The van der Waals surface area contributed by atoms with Gasteiger partial charge in [-0.25, -0.2) is 4.98 Å². The molecule has 144 valence electrons. The van der Waals surface area contributed by atoms with Gasteiger partial charge in [0.05, 0.1) is 12.1 Å². The first-order chi connectivity index (χ1) is 13.5. The first-order valence-corrected chi connectivity index (χ1v) is 10.6. The lowest BCUT2D eigenvalue weighted by molar-refractivity contribution is -0.116. The van der Waals surface area contributed by atoms with Gasteiger partial charge in [0, 0.05) is 28.8 Å². The normalized spacial score (nSPS) is 10.5. The van der Waals surface area contributed by atoms with E-state index < -0.39 is 0 Å². The molecule has 0 saturated carbocycles. The van der Waals surface area contributed by atoms with E-state index >= 15 is 0 Å². The van der Waals surface area contributed by atoms with Crippen LogP contribution in [-0.4, -0.2) is 35.3 Å². The Kier molecular flexibility index (Phi) is 6.84. The number of amides is 2. The average Bonchev–Trinajstić information content (AvgIpc) is 3.19. The summed E-state index contributed by atoms with van der Waals surface area (Å²) in [6.07, 6.45) is 1.64. The minimum Gasteiger partial charge on any atom is -0.332 e. The Balaban J connectivity index is 1.63. The number of likely N-dealkylation sites (N-methyl/N-ethyl adjacent to an activating group) is 1. The van der Waals surface area contributed by atoms with Crippen molar-refractivity contribution in [2.24, 2.45) is 0 Å². The third kappa shape index (κ3) is 5.43. The summed E-state index contributed by atoms with van der Waals surface area (Å²) in [5, 5.41) is 4.77. The summed E-state index contributed by atoms with van der Waals surface area (Å²) in [5.41, 5.74) is 1.61. The SMILES string of the molecule is Cc1ccnc(NC(=O)CN(C)C(=O)c2ccccc2SCc2cccs2)c1. The van der Waals surface area contributed by atoms with Crippen LogP contribution in [0.1, 0.15) is 20.8 Å². The van der Waals surface area contributed by atoms with Gasteiger partial charge in [0.1, 0.15) is 5.82 Å². The molecule has 7 heteroatoms. The van der Waals surface area contributed by atoms with Crippen molar-refractivity contribution in [1.82, 2.24) is 9.88 Å². The molecule has 0 spiro atoms. The number of rotatable bonds is 7. The maximum absolute atomic E-state index is 12.9. The topological polar surface area (TPSA) is 62.3 Å². The van der Waals surface area contributed by atoms with Crippen LogP contribution in [0.5, 0.6) is 0 Å². The van der Waals surface area contributed by atoms with Crippen molar-refractivity contribution in [3.63, 3.8) is 0 Å². The second-order valence-corrected chi connectivity index (χ2v) is 8.34. The zero-order valence-electron chi connectivity index (χ0n) is 15.7. The van der Waals surface area contributed by atoms with Crippen molar-refractivity contribution in [1.29, 1.82) is 0 Å². The highest BCUT2D eigenvalue weighted by Crippen LogP contribution is 2.28. The van der Waals surface area contributed by atoms with Crippen LogP contribution in [0.2, 0.25) is 0 Å². The smallest absolute Gasteiger partial charge is 0.255 e. The summed E-state index contributed by atoms with van der Waals surface area (Å²) < 4.78 is 0. The molecule has 0 radical (unpaired) electrons. The van der Waals surface area contributed by atoms with Crippen molar-refractivity contribution >= 4 is 40.7 Å². The molecule has 0 aliphatic heterocycles. The van der Waals surface area contributed by atoms with E-state index in [9.17, 15) is 9.59 Å². The van der Waals surface area contributed by atoms with Gasteiger partial charge in [-0.05, 0) is 48.2 Å². The molecule has 2 heterocycles. The highest BCUT2D eigenvalue weighted by Gasteiger charge is 2.18. The molecule has 1 aromatic carbocycles. The van der Waals surface area contributed by atoms with Crippen LogP contribution >= 0.6 is 23.1 Å². The van der Waals surface area contributed by atoms with E-state index in [2.05, 4.69) is 16.4 Å². The fourth-order valence-electron chi connectivity index (χ4n) is 2.59. The van der Waals surface area contributed by atoms with E-state index in [1.54, 1.807) is 48.5 Å². The predicted octanol–water partition coefficient (Wildman–Crippen LogP) is 4.45. The van der Waals surface area contributed by atoms with Crippen molar-refractivity contribution in [3.8, 4) is 0 Å².